The third-order valence-electron chi connectivity index (χ3n) is 5.48. The summed E-state index contributed by atoms with van der Waals surface area (Å²) in [6, 6.07) is 10.5. The smallest absolute Gasteiger partial charge is 0.338 e. The Morgan fingerprint density at radius 2 is 2.00 bits per heavy atom. The van der Waals surface area contributed by atoms with Crippen molar-refractivity contribution in [3.8, 4) is 0 Å². The molecule has 1 unspecified atom stereocenters. The standard InChI is InChI=1S/C25H25ClN4O4S/c1-16-22(24(32)34-11-10-33-2)23(18-5-7-19(26)8-6-18)30-20(15-35-25(30)29-16)12-21(31)28-14-17-4-3-9-27-13-17/h3-9,13,15,23H,10-12,14H2,1-2H3,(H,28,31). The van der Waals surface area contributed by atoms with Gasteiger partial charge in [-0.3, -0.25) is 9.78 Å². The van der Waals surface area contributed by atoms with Gasteiger partial charge in [0.15, 0.2) is 5.17 Å². The normalized spacial score (nSPS) is 17.0. The number of benzene rings is 1. The van der Waals surface area contributed by atoms with Gasteiger partial charge in [0.2, 0.25) is 5.91 Å². The van der Waals surface area contributed by atoms with E-state index in [9.17, 15) is 9.59 Å². The van der Waals surface area contributed by atoms with E-state index < -0.39 is 12.0 Å². The third kappa shape index (κ3) is 5.93. The number of aliphatic imine (C=N–C) groups is 1. The van der Waals surface area contributed by atoms with Crippen molar-refractivity contribution in [1.82, 2.24) is 15.2 Å². The molecule has 2 aromatic rings. The second-order valence-electron chi connectivity index (χ2n) is 7.89. The molecule has 8 nitrogen and oxygen atoms in total. The van der Waals surface area contributed by atoms with E-state index in [4.69, 9.17) is 21.1 Å². The Balaban J connectivity index is 1.59. The highest BCUT2D eigenvalue weighted by Crippen LogP contribution is 2.44. The van der Waals surface area contributed by atoms with Crippen molar-refractivity contribution in [1.29, 1.82) is 0 Å². The fourth-order valence-electron chi connectivity index (χ4n) is 3.82. The number of rotatable bonds is 9. The van der Waals surface area contributed by atoms with E-state index in [0.29, 0.717) is 34.6 Å². The molecule has 10 heteroatoms. The van der Waals surface area contributed by atoms with Crippen LogP contribution in [0.1, 0.15) is 30.5 Å². The number of carbonyl (C=O) groups excluding carboxylic acids is 2. The second-order valence-corrected chi connectivity index (χ2v) is 9.16. The van der Waals surface area contributed by atoms with Crippen molar-refractivity contribution in [2.75, 3.05) is 20.3 Å². The van der Waals surface area contributed by atoms with Gasteiger partial charge in [-0.25, -0.2) is 9.79 Å². The Labute approximate surface area is 213 Å². The summed E-state index contributed by atoms with van der Waals surface area (Å²) >= 11 is 7.55. The zero-order valence-electron chi connectivity index (χ0n) is 19.4. The predicted octanol–water partition coefficient (Wildman–Crippen LogP) is 4.21. The van der Waals surface area contributed by atoms with E-state index in [1.807, 2.05) is 34.6 Å². The molecule has 1 amide bonds. The van der Waals surface area contributed by atoms with E-state index in [1.165, 1.54) is 11.8 Å². The first-order chi connectivity index (χ1) is 17.0. The van der Waals surface area contributed by atoms with Gasteiger partial charge in [0.1, 0.15) is 6.61 Å². The number of hydrogen-bond donors (Lipinski definition) is 1. The number of nitrogens with zero attached hydrogens (tertiary/aromatic N) is 3. The van der Waals surface area contributed by atoms with Gasteiger partial charge in [0.05, 0.1) is 30.3 Å². The number of thioether (sulfide) groups is 1. The van der Waals surface area contributed by atoms with Crippen molar-refractivity contribution >= 4 is 40.4 Å². The van der Waals surface area contributed by atoms with Crippen molar-refractivity contribution in [3.63, 3.8) is 0 Å². The number of allylic oxidation sites excluding steroid dienone is 1. The fraction of sp³-hybridized carbons (Fsp3) is 0.280. The number of pyridine rings is 1. The third-order valence-corrected chi connectivity index (χ3v) is 6.62. The topological polar surface area (TPSA) is 93.1 Å². The Morgan fingerprint density at radius 1 is 1.20 bits per heavy atom. The first-order valence-corrected chi connectivity index (χ1v) is 12.2. The van der Waals surface area contributed by atoms with Gasteiger partial charge in [0, 0.05) is 36.8 Å². The lowest BCUT2D eigenvalue weighted by Gasteiger charge is -2.36. The van der Waals surface area contributed by atoms with Crippen molar-refractivity contribution < 1.29 is 19.1 Å². The Bertz CT molecular complexity index is 1180. The predicted molar refractivity (Wildman–Crippen MR) is 135 cm³/mol. The summed E-state index contributed by atoms with van der Waals surface area (Å²) in [6.07, 6.45) is 3.53. The highest BCUT2D eigenvalue weighted by atomic mass is 35.5. The number of hydrogen-bond acceptors (Lipinski definition) is 8. The molecule has 1 aromatic heterocycles. The van der Waals surface area contributed by atoms with Crippen LogP contribution in [0.3, 0.4) is 0 Å². The maximum Gasteiger partial charge on any atom is 0.338 e. The molecule has 4 rings (SSSR count). The van der Waals surface area contributed by atoms with E-state index in [2.05, 4.69) is 15.3 Å². The van der Waals surface area contributed by atoms with Gasteiger partial charge in [-0.2, -0.15) is 0 Å². The molecule has 0 bridgehead atoms. The number of esters is 1. The van der Waals surface area contributed by atoms with Gasteiger partial charge in [-0.1, -0.05) is 41.6 Å². The number of fused-ring (bicyclic) bond motifs is 1. The monoisotopic (exact) mass is 512 g/mol. The van der Waals surface area contributed by atoms with E-state index in [0.717, 1.165) is 16.8 Å². The molecule has 35 heavy (non-hydrogen) atoms. The van der Waals surface area contributed by atoms with Crippen LogP contribution in [0, 0.1) is 0 Å². The average Bonchev–Trinajstić information content (AvgIpc) is 3.25. The maximum atomic E-state index is 13.1. The molecule has 0 fully saturated rings. The van der Waals surface area contributed by atoms with Crippen LogP contribution in [-0.4, -0.2) is 47.3 Å². The zero-order valence-corrected chi connectivity index (χ0v) is 20.9. The maximum absolute atomic E-state index is 13.1. The van der Waals surface area contributed by atoms with Gasteiger partial charge in [0.25, 0.3) is 0 Å². The molecule has 1 atom stereocenters. The lowest BCUT2D eigenvalue weighted by atomic mass is 9.94. The van der Waals surface area contributed by atoms with Crippen LogP contribution in [0.25, 0.3) is 0 Å². The van der Waals surface area contributed by atoms with Crippen LogP contribution in [0.15, 0.2) is 76.2 Å². The zero-order chi connectivity index (χ0) is 24.8. The number of amides is 1. The summed E-state index contributed by atoms with van der Waals surface area (Å²) in [6.45, 7) is 2.59. The van der Waals surface area contributed by atoms with Crippen LogP contribution >= 0.6 is 23.4 Å². The Kier molecular flexibility index (Phi) is 8.22. The summed E-state index contributed by atoms with van der Waals surface area (Å²) < 4.78 is 10.5. The summed E-state index contributed by atoms with van der Waals surface area (Å²) in [4.78, 5) is 36.6. The van der Waals surface area contributed by atoms with E-state index in [1.54, 1.807) is 38.6 Å². The number of nitrogens with one attached hydrogen (secondary N) is 1. The van der Waals surface area contributed by atoms with Gasteiger partial charge >= 0.3 is 5.97 Å². The van der Waals surface area contributed by atoms with Crippen LogP contribution in [0.2, 0.25) is 5.02 Å². The molecular weight excluding hydrogens is 488 g/mol. The molecule has 2 aliphatic heterocycles. The van der Waals surface area contributed by atoms with Gasteiger partial charge < -0.3 is 19.7 Å². The van der Waals surface area contributed by atoms with Crippen LogP contribution in [-0.2, 0) is 25.6 Å². The largest absolute Gasteiger partial charge is 0.460 e. The average molecular weight is 513 g/mol. The minimum absolute atomic E-state index is 0.126. The van der Waals surface area contributed by atoms with Crippen molar-refractivity contribution in [3.05, 3.63) is 87.3 Å². The number of aromatic nitrogens is 1. The van der Waals surface area contributed by atoms with Crippen LogP contribution < -0.4 is 5.32 Å². The molecule has 1 N–H and O–H groups in total. The first-order valence-electron chi connectivity index (χ1n) is 11.0. The molecule has 1 aromatic carbocycles. The Hall–Kier alpha value is -3.14. The molecule has 0 aliphatic carbocycles. The first kappa shape index (κ1) is 25.0. The van der Waals surface area contributed by atoms with E-state index >= 15 is 0 Å². The fourth-order valence-corrected chi connectivity index (χ4v) is 4.91. The number of amidine groups is 1. The van der Waals surface area contributed by atoms with Crippen molar-refractivity contribution in [2.24, 2.45) is 4.99 Å². The van der Waals surface area contributed by atoms with Gasteiger partial charge in [-0.05, 0) is 41.7 Å². The molecule has 0 spiro atoms. The minimum atomic E-state index is -0.512. The summed E-state index contributed by atoms with van der Waals surface area (Å²) in [5.41, 5.74) is 3.48. The summed E-state index contributed by atoms with van der Waals surface area (Å²) in [7, 11) is 1.55. The molecule has 182 valence electrons. The van der Waals surface area contributed by atoms with Crippen molar-refractivity contribution in [2.45, 2.75) is 25.9 Å². The molecular formula is C25H25ClN4O4S. The number of methoxy groups -OCH3 is 1. The van der Waals surface area contributed by atoms with Crippen LogP contribution in [0.4, 0.5) is 0 Å². The molecule has 0 radical (unpaired) electrons. The lowest BCUT2D eigenvalue weighted by Crippen LogP contribution is -2.38. The highest BCUT2D eigenvalue weighted by Gasteiger charge is 2.41. The van der Waals surface area contributed by atoms with Gasteiger partial charge in [-0.15, -0.1) is 0 Å². The minimum Gasteiger partial charge on any atom is -0.460 e. The van der Waals surface area contributed by atoms with E-state index in [-0.39, 0.29) is 18.9 Å². The van der Waals surface area contributed by atoms with Crippen LogP contribution in [0.5, 0.6) is 0 Å². The quantitative estimate of drug-likeness (QED) is 0.397. The SMILES string of the molecule is COCCOC(=O)C1=C(C)N=C2SC=C(CC(=O)NCc3cccnc3)N2C1c1ccc(Cl)cc1. The highest BCUT2D eigenvalue weighted by molar-refractivity contribution is 8.16. The summed E-state index contributed by atoms with van der Waals surface area (Å²) in [5, 5.41) is 6.12. The number of carbonyl (C=O) groups is 2. The molecule has 2 aliphatic rings. The second kappa shape index (κ2) is 11.5. The Morgan fingerprint density at radius 3 is 2.71 bits per heavy atom. The molecule has 0 saturated heterocycles. The number of ether oxygens (including phenoxy) is 2. The molecule has 3 heterocycles. The molecule has 0 saturated carbocycles. The number of halogens is 1. The summed E-state index contributed by atoms with van der Waals surface area (Å²) in [5.74, 6) is -0.619. The lowest BCUT2D eigenvalue weighted by molar-refractivity contribution is -0.141.